The summed E-state index contributed by atoms with van der Waals surface area (Å²) >= 11 is 0. The molecule has 1 N–H and O–H groups in total. The minimum absolute atomic E-state index is 0.307. The van der Waals surface area contributed by atoms with Crippen LogP contribution in [0.25, 0.3) is 5.57 Å². The van der Waals surface area contributed by atoms with Crippen LogP contribution in [-0.4, -0.2) is 30.6 Å². The molecule has 0 aromatic heterocycles. The van der Waals surface area contributed by atoms with Crippen LogP contribution in [0.4, 0.5) is 0 Å². The van der Waals surface area contributed by atoms with Crippen LogP contribution < -0.4 is 0 Å². The quantitative estimate of drug-likeness (QED) is 0.889. The Hall–Kier alpha value is -2.06. The van der Waals surface area contributed by atoms with Gasteiger partial charge in [-0.05, 0) is 54.9 Å². The van der Waals surface area contributed by atoms with E-state index in [1.54, 1.807) is 6.07 Å². The molecule has 0 bridgehead atoms. The summed E-state index contributed by atoms with van der Waals surface area (Å²) in [4.78, 5) is 2.19. The van der Waals surface area contributed by atoms with Crippen molar-refractivity contribution in [1.82, 2.24) is 4.90 Å². The van der Waals surface area contributed by atoms with Crippen molar-refractivity contribution in [2.45, 2.75) is 13.3 Å². The molecule has 110 valence electrons. The minimum atomic E-state index is 0.307. The van der Waals surface area contributed by atoms with E-state index >= 15 is 0 Å². The van der Waals surface area contributed by atoms with Gasteiger partial charge >= 0.3 is 0 Å². The molecule has 2 nitrogen and oxygen atoms in total. The van der Waals surface area contributed by atoms with E-state index < -0.39 is 0 Å². The Kier molecular flexibility index (Phi) is 5.18. The highest BCUT2D eigenvalue weighted by molar-refractivity contribution is 5.82. The zero-order valence-corrected chi connectivity index (χ0v) is 13.0. The third kappa shape index (κ3) is 3.96. The molecule has 0 aliphatic carbocycles. The zero-order chi connectivity index (χ0) is 15.2. The largest absolute Gasteiger partial charge is 0.508 e. The lowest BCUT2D eigenvalue weighted by Crippen LogP contribution is -2.16. The molecule has 2 aromatic rings. The average Bonchev–Trinajstić information content (AvgIpc) is 2.47. The maximum Gasteiger partial charge on any atom is 0.116 e. The molecule has 21 heavy (non-hydrogen) atoms. The van der Waals surface area contributed by atoms with Crippen LogP contribution in [0.15, 0.2) is 60.2 Å². The fraction of sp³-hybridized carbons (Fsp3) is 0.263. The van der Waals surface area contributed by atoms with Crippen molar-refractivity contribution >= 4 is 5.57 Å². The Morgan fingerprint density at radius 3 is 2.19 bits per heavy atom. The Morgan fingerprint density at radius 1 is 0.952 bits per heavy atom. The molecule has 0 atom stereocenters. The highest BCUT2D eigenvalue weighted by atomic mass is 16.3. The summed E-state index contributed by atoms with van der Waals surface area (Å²) in [6.45, 7) is 3.10. The van der Waals surface area contributed by atoms with E-state index in [0.717, 1.165) is 18.5 Å². The van der Waals surface area contributed by atoms with Gasteiger partial charge in [-0.25, -0.2) is 0 Å². The second-order valence-corrected chi connectivity index (χ2v) is 5.49. The van der Waals surface area contributed by atoms with Gasteiger partial charge in [-0.2, -0.15) is 0 Å². The predicted molar refractivity (Wildman–Crippen MR) is 89.4 cm³/mol. The fourth-order valence-corrected chi connectivity index (χ4v) is 2.59. The fourth-order valence-electron chi connectivity index (χ4n) is 2.59. The Labute approximate surface area is 127 Å². The van der Waals surface area contributed by atoms with Crippen LogP contribution in [0.5, 0.6) is 5.75 Å². The number of hydrogen-bond donors (Lipinski definition) is 1. The van der Waals surface area contributed by atoms with Crippen molar-refractivity contribution in [3.05, 3.63) is 71.3 Å². The molecule has 0 radical (unpaired) electrons. The van der Waals surface area contributed by atoms with Crippen molar-refractivity contribution in [1.29, 1.82) is 0 Å². The molecular formula is C19H23NO. The van der Waals surface area contributed by atoms with E-state index in [2.05, 4.69) is 56.3 Å². The minimum Gasteiger partial charge on any atom is -0.508 e. The van der Waals surface area contributed by atoms with Gasteiger partial charge in [0.1, 0.15) is 5.75 Å². The van der Waals surface area contributed by atoms with Crippen molar-refractivity contribution in [2.24, 2.45) is 0 Å². The van der Waals surface area contributed by atoms with Crippen molar-refractivity contribution < 1.29 is 5.11 Å². The van der Waals surface area contributed by atoms with Gasteiger partial charge in [0, 0.05) is 6.54 Å². The van der Waals surface area contributed by atoms with Crippen LogP contribution >= 0.6 is 0 Å². The second-order valence-electron chi connectivity index (χ2n) is 5.49. The Morgan fingerprint density at radius 2 is 1.62 bits per heavy atom. The number of hydrogen-bond acceptors (Lipinski definition) is 2. The predicted octanol–water partition coefficient (Wildman–Crippen LogP) is 4.17. The van der Waals surface area contributed by atoms with Gasteiger partial charge in [-0.3, -0.25) is 0 Å². The summed E-state index contributed by atoms with van der Waals surface area (Å²) in [5, 5.41) is 9.81. The molecule has 2 aromatic carbocycles. The van der Waals surface area contributed by atoms with Crippen molar-refractivity contribution in [3.8, 4) is 5.75 Å². The summed E-state index contributed by atoms with van der Waals surface area (Å²) in [7, 11) is 4.17. The summed E-state index contributed by atoms with van der Waals surface area (Å²) < 4.78 is 0. The van der Waals surface area contributed by atoms with E-state index in [1.165, 1.54) is 16.7 Å². The van der Waals surface area contributed by atoms with Crippen molar-refractivity contribution in [2.75, 3.05) is 20.6 Å². The normalized spacial score (nSPS) is 12.4. The van der Waals surface area contributed by atoms with Gasteiger partial charge in [0.05, 0.1) is 0 Å². The molecule has 0 aliphatic heterocycles. The van der Waals surface area contributed by atoms with Crippen LogP contribution in [0.2, 0.25) is 0 Å². The Balaban J connectivity index is 2.61. The molecular weight excluding hydrogens is 258 g/mol. The summed E-state index contributed by atoms with van der Waals surface area (Å²) in [6, 6.07) is 17.9. The molecule has 0 saturated carbocycles. The van der Waals surface area contributed by atoms with Gasteiger partial charge in [0.2, 0.25) is 0 Å². The molecule has 0 aliphatic rings. The summed E-state index contributed by atoms with van der Waals surface area (Å²) in [5.74, 6) is 0.307. The zero-order valence-electron chi connectivity index (χ0n) is 13.0. The molecule has 2 heteroatoms. The topological polar surface area (TPSA) is 23.5 Å². The summed E-state index contributed by atoms with van der Waals surface area (Å²) in [5.41, 5.74) is 4.86. The first kappa shape index (κ1) is 15.3. The van der Waals surface area contributed by atoms with E-state index in [1.807, 2.05) is 18.2 Å². The van der Waals surface area contributed by atoms with Crippen LogP contribution in [0.1, 0.15) is 24.5 Å². The molecule has 0 heterocycles. The van der Waals surface area contributed by atoms with Gasteiger partial charge in [-0.1, -0.05) is 49.4 Å². The molecule has 0 fully saturated rings. The molecule has 0 amide bonds. The number of benzene rings is 2. The van der Waals surface area contributed by atoms with Gasteiger partial charge in [-0.15, -0.1) is 0 Å². The number of aromatic hydroxyl groups is 1. The number of likely N-dealkylation sites (N-methyl/N-ethyl adjacent to an activating group) is 1. The third-order valence-corrected chi connectivity index (χ3v) is 3.48. The number of rotatable bonds is 5. The average molecular weight is 281 g/mol. The summed E-state index contributed by atoms with van der Waals surface area (Å²) in [6.07, 6.45) is 0.984. The maximum absolute atomic E-state index is 9.81. The van der Waals surface area contributed by atoms with Crippen LogP contribution in [-0.2, 0) is 0 Å². The second kappa shape index (κ2) is 7.09. The van der Waals surface area contributed by atoms with E-state index in [0.29, 0.717) is 5.75 Å². The molecule has 0 unspecified atom stereocenters. The van der Waals surface area contributed by atoms with Gasteiger partial charge in [0.15, 0.2) is 0 Å². The first-order chi connectivity index (χ1) is 10.1. The molecule has 2 rings (SSSR count). The van der Waals surface area contributed by atoms with Gasteiger partial charge < -0.3 is 10.0 Å². The van der Waals surface area contributed by atoms with Crippen LogP contribution in [0, 0.1) is 0 Å². The van der Waals surface area contributed by atoms with Crippen LogP contribution in [0.3, 0.4) is 0 Å². The molecule has 0 saturated heterocycles. The number of phenolic OH excluding ortho intramolecular Hbond substituents is 1. The van der Waals surface area contributed by atoms with Gasteiger partial charge in [0.25, 0.3) is 0 Å². The standard InChI is InChI=1S/C19H23NO/c1-4-15(14-20(2)3)19(16-9-6-5-7-10-16)17-11-8-12-18(21)13-17/h5-13,21H,4,14H2,1-3H3. The highest BCUT2D eigenvalue weighted by Gasteiger charge is 2.12. The maximum atomic E-state index is 9.81. The number of nitrogens with zero attached hydrogens (tertiary/aromatic N) is 1. The lowest BCUT2D eigenvalue weighted by Gasteiger charge is -2.19. The van der Waals surface area contributed by atoms with E-state index in [4.69, 9.17) is 0 Å². The Bertz CT molecular complexity index is 614. The lowest BCUT2D eigenvalue weighted by atomic mass is 9.91. The van der Waals surface area contributed by atoms with E-state index in [-0.39, 0.29) is 0 Å². The first-order valence-electron chi connectivity index (χ1n) is 7.33. The number of phenols is 1. The highest BCUT2D eigenvalue weighted by Crippen LogP contribution is 2.30. The first-order valence-corrected chi connectivity index (χ1v) is 7.33. The molecule has 0 spiro atoms. The smallest absolute Gasteiger partial charge is 0.116 e. The third-order valence-electron chi connectivity index (χ3n) is 3.48. The SMILES string of the molecule is CCC(CN(C)C)=C(c1ccccc1)c1cccc(O)c1. The van der Waals surface area contributed by atoms with E-state index in [9.17, 15) is 5.11 Å². The lowest BCUT2D eigenvalue weighted by molar-refractivity contribution is 0.441. The monoisotopic (exact) mass is 281 g/mol. The van der Waals surface area contributed by atoms with Crippen molar-refractivity contribution in [3.63, 3.8) is 0 Å².